The number of nitrogens with one attached hydrogen (secondary N) is 1. The second kappa shape index (κ2) is 4.99. The standard InChI is InChI=1S/C17H28N2O2/c1-12(2)13-14(20)18-17(9-4-5-10-17)15(21)19(13)11-16(3)7-6-8-16/h12-13H,4-11H2,1-3H3,(H,18,20). The molecule has 4 nitrogen and oxygen atoms in total. The molecule has 2 saturated carbocycles. The Labute approximate surface area is 127 Å². The van der Waals surface area contributed by atoms with Crippen LogP contribution in [0.4, 0.5) is 0 Å². The van der Waals surface area contributed by atoms with E-state index in [9.17, 15) is 9.59 Å². The second-order valence-electron chi connectivity index (χ2n) is 8.06. The zero-order valence-corrected chi connectivity index (χ0v) is 13.6. The van der Waals surface area contributed by atoms with Gasteiger partial charge in [-0.15, -0.1) is 0 Å². The normalized spacial score (nSPS) is 30.7. The van der Waals surface area contributed by atoms with Gasteiger partial charge in [-0.05, 0) is 37.0 Å². The lowest BCUT2D eigenvalue weighted by atomic mass is 9.69. The highest BCUT2D eigenvalue weighted by Gasteiger charge is 2.54. The third-order valence-corrected chi connectivity index (χ3v) is 5.84. The molecule has 1 N–H and O–H groups in total. The number of hydrogen-bond acceptors (Lipinski definition) is 2. The van der Waals surface area contributed by atoms with Crippen LogP contribution in [-0.2, 0) is 9.59 Å². The first-order valence-electron chi connectivity index (χ1n) is 8.50. The molecule has 0 radical (unpaired) electrons. The largest absolute Gasteiger partial charge is 0.340 e. The highest BCUT2D eigenvalue weighted by atomic mass is 16.2. The molecule has 3 aliphatic rings. The number of nitrogens with zero attached hydrogens (tertiary/aromatic N) is 1. The van der Waals surface area contributed by atoms with E-state index in [1.54, 1.807) is 0 Å². The maximum Gasteiger partial charge on any atom is 0.249 e. The minimum atomic E-state index is -0.581. The van der Waals surface area contributed by atoms with Crippen molar-refractivity contribution in [3.63, 3.8) is 0 Å². The molecule has 3 rings (SSSR count). The fraction of sp³-hybridized carbons (Fsp3) is 0.882. The first-order valence-corrected chi connectivity index (χ1v) is 8.50. The van der Waals surface area contributed by atoms with E-state index in [1.807, 2.05) is 18.7 Å². The predicted octanol–water partition coefficient (Wildman–Crippen LogP) is 2.47. The van der Waals surface area contributed by atoms with Crippen LogP contribution < -0.4 is 5.32 Å². The molecule has 1 aliphatic heterocycles. The van der Waals surface area contributed by atoms with Crippen LogP contribution in [-0.4, -0.2) is 34.8 Å². The Bertz CT molecular complexity index is 448. The highest BCUT2D eigenvalue weighted by molar-refractivity contribution is 6.00. The van der Waals surface area contributed by atoms with Crippen molar-refractivity contribution in [2.24, 2.45) is 11.3 Å². The molecule has 0 bridgehead atoms. The summed E-state index contributed by atoms with van der Waals surface area (Å²) in [7, 11) is 0. The van der Waals surface area contributed by atoms with Crippen molar-refractivity contribution in [1.82, 2.24) is 10.2 Å². The van der Waals surface area contributed by atoms with Crippen LogP contribution in [0.15, 0.2) is 0 Å². The Kier molecular flexibility index (Phi) is 3.53. The van der Waals surface area contributed by atoms with Crippen LogP contribution in [0.1, 0.15) is 65.7 Å². The molecule has 0 aromatic carbocycles. The fourth-order valence-electron chi connectivity index (χ4n) is 4.41. The lowest BCUT2D eigenvalue weighted by molar-refractivity contribution is -0.159. The number of carbonyl (C=O) groups excluding carboxylic acids is 2. The summed E-state index contributed by atoms with van der Waals surface area (Å²) in [5, 5.41) is 3.09. The first-order chi connectivity index (χ1) is 9.87. The van der Waals surface area contributed by atoms with Crippen molar-refractivity contribution in [1.29, 1.82) is 0 Å². The van der Waals surface area contributed by atoms with Gasteiger partial charge in [0.1, 0.15) is 11.6 Å². The third kappa shape index (κ3) is 2.36. The van der Waals surface area contributed by atoms with E-state index >= 15 is 0 Å². The van der Waals surface area contributed by atoms with Gasteiger partial charge in [0.25, 0.3) is 0 Å². The Hall–Kier alpha value is -1.06. The number of carbonyl (C=O) groups is 2. The van der Waals surface area contributed by atoms with Crippen LogP contribution in [0, 0.1) is 11.3 Å². The van der Waals surface area contributed by atoms with E-state index < -0.39 is 5.54 Å². The van der Waals surface area contributed by atoms with Crippen molar-refractivity contribution in [3.05, 3.63) is 0 Å². The van der Waals surface area contributed by atoms with Gasteiger partial charge in [-0.3, -0.25) is 9.59 Å². The Balaban J connectivity index is 1.89. The van der Waals surface area contributed by atoms with Gasteiger partial charge < -0.3 is 10.2 Å². The fourth-order valence-corrected chi connectivity index (χ4v) is 4.41. The molecule has 2 amide bonds. The van der Waals surface area contributed by atoms with Crippen LogP contribution in [0.5, 0.6) is 0 Å². The number of piperazine rings is 1. The molecule has 3 fully saturated rings. The maximum atomic E-state index is 13.1. The molecule has 2 aliphatic carbocycles. The van der Waals surface area contributed by atoms with Gasteiger partial charge >= 0.3 is 0 Å². The third-order valence-electron chi connectivity index (χ3n) is 5.84. The monoisotopic (exact) mass is 292 g/mol. The van der Waals surface area contributed by atoms with Gasteiger partial charge in [0.2, 0.25) is 11.8 Å². The summed E-state index contributed by atoms with van der Waals surface area (Å²) >= 11 is 0. The zero-order chi connectivity index (χ0) is 15.3. The molecule has 118 valence electrons. The quantitative estimate of drug-likeness (QED) is 0.868. The molecule has 0 aromatic heterocycles. The molecule has 1 heterocycles. The highest BCUT2D eigenvalue weighted by Crippen LogP contribution is 2.43. The van der Waals surface area contributed by atoms with E-state index in [-0.39, 0.29) is 29.2 Å². The van der Waals surface area contributed by atoms with E-state index in [0.717, 1.165) is 32.2 Å². The van der Waals surface area contributed by atoms with Gasteiger partial charge in [-0.1, -0.05) is 40.0 Å². The average Bonchev–Trinajstić information content (AvgIpc) is 2.82. The second-order valence-corrected chi connectivity index (χ2v) is 8.06. The predicted molar refractivity (Wildman–Crippen MR) is 81.6 cm³/mol. The van der Waals surface area contributed by atoms with Crippen molar-refractivity contribution in [2.75, 3.05) is 6.54 Å². The Morgan fingerprint density at radius 3 is 2.24 bits per heavy atom. The van der Waals surface area contributed by atoms with E-state index in [2.05, 4.69) is 12.2 Å². The van der Waals surface area contributed by atoms with Crippen LogP contribution in [0.2, 0.25) is 0 Å². The molecule has 1 spiro atoms. The molecule has 1 atom stereocenters. The number of amides is 2. The molecule has 1 unspecified atom stereocenters. The molecule has 0 aromatic rings. The van der Waals surface area contributed by atoms with Crippen LogP contribution >= 0.6 is 0 Å². The van der Waals surface area contributed by atoms with Gasteiger partial charge in [0.05, 0.1) is 0 Å². The van der Waals surface area contributed by atoms with Gasteiger partial charge in [0, 0.05) is 6.54 Å². The van der Waals surface area contributed by atoms with Crippen molar-refractivity contribution in [2.45, 2.75) is 77.3 Å². The zero-order valence-electron chi connectivity index (χ0n) is 13.6. The van der Waals surface area contributed by atoms with Crippen LogP contribution in [0.25, 0.3) is 0 Å². The van der Waals surface area contributed by atoms with E-state index in [1.165, 1.54) is 19.3 Å². The lowest BCUT2D eigenvalue weighted by Crippen LogP contribution is -2.71. The SMILES string of the molecule is CC(C)C1C(=O)NC2(CCCC2)C(=O)N1CC1(C)CCC1. The summed E-state index contributed by atoms with van der Waals surface area (Å²) in [5.41, 5.74) is -0.358. The molecular weight excluding hydrogens is 264 g/mol. The number of rotatable bonds is 3. The Morgan fingerprint density at radius 2 is 1.76 bits per heavy atom. The van der Waals surface area contributed by atoms with Crippen molar-refractivity contribution < 1.29 is 9.59 Å². The molecular formula is C17H28N2O2. The molecule has 21 heavy (non-hydrogen) atoms. The summed E-state index contributed by atoms with van der Waals surface area (Å²) in [6.07, 6.45) is 7.33. The van der Waals surface area contributed by atoms with E-state index in [0.29, 0.717) is 0 Å². The maximum absolute atomic E-state index is 13.1. The van der Waals surface area contributed by atoms with Gasteiger partial charge in [-0.25, -0.2) is 0 Å². The molecule has 4 heteroatoms. The average molecular weight is 292 g/mol. The Morgan fingerprint density at radius 1 is 1.14 bits per heavy atom. The van der Waals surface area contributed by atoms with Crippen LogP contribution in [0.3, 0.4) is 0 Å². The summed E-state index contributed by atoms with van der Waals surface area (Å²) in [6.45, 7) is 7.10. The minimum absolute atomic E-state index is 0.0643. The topological polar surface area (TPSA) is 49.4 Å². The summed E-state index contributed by atoms with van der Waals surface area (Å²) in [4.78, 5) is 27.7. The van der Waals surface area contributed by atoms with E-state index in [4.69, 9.17) is 0 Å². The molecule has 1 saturated heterocycles. The minimum Gasteiger partial charge on any atom is -0.340 e. The van der Waals surface area contributed by atoms with Gasteiger partial charge in [-0.2, -0.15) is 0 Å². The van der Waals surface area contributed by atoms with Crippen molar-refractivity contribution >= 4 is 11.8 Å². The summed E-state index contributed by atoms with van der Waals surface area (Å²) < 4.78 is 0. The lowest BCUT2D eigenvalue weighted by Gasteiger charge is -2.50. The summed E-state index contributed by atoms with van der Waals surface area (Å²) in [5.74, 6) is 0.414. The smallest absolute Gasteiger partial charge is 0.249 e. The van der Waals surface area contributed by atoms with Crippen molar-refractivity contribution in [3.8, 4) is 0 Å². The number of hydrogen-bond donors (Lipinski definition) is 1. The summed E-state index contributed by atoms with van der Waals surface area (Å²) in [6, 6.07) is -0.291. The first kappa shape index (κ1) is 14.9. The van der Waals surface area contributed by atoms with Gasteiger partial charge in [0.15, 0.2) is 0 Å².